The first-order valence-corrected chi connectivity index (χ1v) is 6.88. The zero-order valence-electron chi connectivity index (χ0n) is 12.2. The highest BCUT2D eigenvalue weighted by Crippen LogP contribution is 2.23. The Morgan fingerprint density at radius 2 is 2.19 bits per heavy atom. The van der Waals surface area contributed by atoms with Crippen LogP contribution in [0, 0.1) is 6.92 Å². The van der Waals surface area contributed by atoms with Crippen molar-refractivity contribution >= 4 is 5.97 Å². The highest BCUT2D eigenvalue weighted by Gasteiger charge is 2.09. The summed E-state index contributed by atoms with van der Waals surface area (Å²) in [6, 6.07) is 5.87. The van der Waals surface area contributed by atoms with Crippen LogP contribution in [0.5, 0.6) is 5.75 Å². The van der Waals surface area contributed by atoms with E-state index in [1.807, 2.05) is 31.3 Å². The zero-order chi connectivity index (χ0) is 15.2. The molecule has 21 heavy (non-hydrogen) atoms. The number of carbonyl (C=O) groups is 1. The number of ether oxygens (including phenoxy) is 1. The molecule has 0 saturated heterocycles. The molecule has 1 heterocycles. The van der Waals surface area contributed by atoms with Crippen molar-refractivity contribution in [1.82, 2.24) is 15.0 Å². The molecule has 6 heteroatoms. The molecule has 2 rings (SSSR count). The Bertz CT molecular complexity index is 622. The van der Waals surface area contributed by atoms with Crippen LogP contribution in [0.3, 0.4) is 0 Å². The van der Waals surface area contributed by atoms with Gasteiger partial charge in [-0.05, 0) is 43.9 Å². The van der Waals surface area contributed by atoms with Gasteiger partial charge >= 0.3 is 5.97 Å². The molecule has 6 nitrogen and oxygen atoms in total. The second-order valence-corrected chi connectivity index (χ2v) is 4.93. The van der Waals surface area contributed by atoms with Crippen LogP contribution in [-0.2, 0) is 11.2 Å². The summed E-state index contributed by atoms with van der Waals surface area (Å²) in [5.74, 6) is -0.0221. The maximum Gasteiger partial charge on any atom is 0.303 e. The van der Waals surface area contributed by atoms with Crippen molar-refractivity contribution in [2.75, 3.05) is 7.11 Å². The Balaban J connectivity index is 2.06. The van der Waals surface area contributed by atoms with E-state index in [4.69, 9.17) is 9.84 Å². The van der Waals surface area contributed by atoms with Gasteiger partial charge in [-0.1, -0.05) is 11.3 Å². The van der Waals surface area contributed by atoms with Gasteiger partial charge < -0.3 is 9.84 Å². The molecule has 0 radical (unpaired) electrons. The lowest BCUT2D eigenvalue weighted by Gasteiger charge is -2.08. The minimum Gasteiger partial charge on any atom is -0.494 e. The maximum absolute atomic E-state index is 10.5. The normalized spacial score (nSPS) is 10.6. The molecule has 0 aliphatic rings. The summed E-state index contributed by atoms with van der Waals surface area (Å²) in [7, 11) is 1.62. The number of nitrogens with zero attached hydrogens (tertiary/aromatic N) is 3. The van der Waals surface area contributed by atoms with Crippen molar-refractivity contribution in [3.8, 4) is 11.4 Å². The maximum atomic E-state index is 10.5. The second-order valence-electron chi connectivity index (χ2n) is 4.93. The van der Waals surface area contributed by atoms with Crippen molar-refractivity contribution in [3.63, 3.8) is 0 Å². The fourth-order valence-electron chi connectivity index (χ4n) is 2.09. The van der Waals surface area contributed by atoms with Gasteiger partial charge in [-0.25, -0.2) is 4.68 Å². The zero-order valence-corrected chi connectivity index (χ0v) is 12.2. The topological polar surface area (TPSA) is 77.2 Å². The predicted molar refractivity (Wildman–Crippen MR) is 77.8 cm³/mol. The summed E-state index contributed by atoms with van der Waals surface area (Å²) in [5.41, 5.74) is 2.81. The van der Waals surface area contributed by atoms with Crippen LogP contribution in [0.4, 0.5) is 0 Å². The van der Waals surface area contributed by atoms with Gasteiger partial charge in [0.1, 0.15) is 11.4 Å². The minimum atomic E-state index is -0.761. The van der Waals surface area contributed by atoms with Crippen LogP contribution in [0.1, 0.15) is 30.5 Å². The molecule has 0 atom stereocenters. The molecule has 0 bridgehead atoms. The number of hydrogen-bond donors (Lipinski definition) is 1. The highest BCUT2D eigenvalue weighted by atomic mass is 16.5. The lowest BCUT2D eigenvalue weighted by molar-refractivity contribution is -0.137. The van der Waals surface area contributed by atoms with E-state index in [-0.39, 0.29) is 6.42 Å². The summed E-state index contributed by atoms with van der Waals surface area (Å²) >= 11 is 0. The van der Waals surface area contributed by atoms with Crippen molar-refractivity contribution in [1.29, 1.82) is 0 Å². The quantitative estimate of drug-likeness (QED) is 0.792. The lowest BCUT2D eigenvalue weighted by Crippen LogP contribution is -1.99. The van der Waals surface area contributed by atoms with Gasteiger partial charge in [0, 0.05) is 6.42 Å². The third kappa shape index (κ3) is 4.05. The highest BCUT2D eigenvalue weighted by molar-refractivity contribution is 5.66. The SMILES string of the molecule is COc1ccc(C)cc1-n1cc(CCCCC(=O)O)nn1. The molecule has 112 valence electrons. The largest absolute Gasteiger partial charge is 0.494 e. The van der Waals surface area contributed by atoms with E-state index in [0.29, 0.717) is 6.42 Å². The molecule has 0 amide bonds. The summed E-state index contributed by atoms with van der Waals surface area (Å²) in [5, 5.41) is 16.8. The average molecular weight is 289 g/mol. The standard InChI is InChI=1S/C15H19N3O3/c1-11-7-8-14(21-2)13(9-11)18-10-12(16-17-18)5-3-4-6-15(19)20/h7-10H,3-6H2,1-2H3,(H,19,20). The molecule has 1 N–H and O–H groups in total. The Labute approximate surface area is 123 Å². The summed E-state index contributed by atoms with van der Waals surface area (Å²) in [6.45, 7) is 2.01. The molecule has 0 saturated carbocycles. The molecule has 0 fully saturated rings. The Hall–Kier alpha value is -2.37. The Morgan fingerprint density at radius 3 is 2.90 bits per heavy atom. The van der Waals surface area contributed by atoms with Crippen molar-refractivity contribution in [2.24, 2.45) is 0 Å². The van der Waals surface area contributed by atoms with Crippen LogP contribution in [0.15, 0.2) is 24.4 Å². The Kier molecular flexibility index (Phi) is 4.92. The fourth-order valence-corrected chi connectivity index (χ4v) is 2.09. The third-order valence-corrected chi connectivity index (χ3v) is 3.20. The number of carboxylic acid groups (broad SMARTS) is 1. The van der Waals surface area contributed by atoms with Gasteiger partial charge in [0.25, 0.3) is 0 Å². The molecule has 0 aliphatic heterocycles. The van der Waals surface area contributed by atoms with Crippen LogP contribution in [0.2, 0.25) is 0 Å². The predicted octanol–water partition coefficient (Wildman–Crippen LogP) is 2.38. The number of unbranched alkanes of at least 4 members (excludes halogenated alkanes) is 1. The van der Waals surface area contributed by atoms with Gasteiger partial charge in [-0.3, -0.25) is 4.79 Å². The third-order valence-electron chi connectivity index (χ3n) is 3.20. The number of carboxylic acids is 1. The summed E-state index contributed by atoms with van der Waals surface area (Å²) < 4.78 is 7.03. The van der Waals surface area contributed by atoms with Gasteiger partial charge in [0.05, 0.1) is 19.0 Å². The lowest BCUT2D eigenvalue weighted by atomic mass is 10.1. The second kappa shape index (κ2) is 6.88. The minimum absolute atomic E-state index is 0.194. The number of aryl methyl sites for hydroxylation is 2. The summed E-state index contributed by atoms with van der Waals surface area (Å²) in [6.07, 6.45) is 4.21. The fraction of sp³-hybridized carbons (Fsp3) is 0.400. The number of methoxy groups -OCH3 is 1. The van der Waals surface area contributed by atoms with Crippen LogP contribution >= 0.6 is 0 Å². The monoisotopic (exact) mass is 289 g/mol. The van der Waals surface area contributed by atoms with Crippen molar-refractivity contribution in [2.45, 2.75) is 32.6 Å². The number of aliphatic carboxylic acids is 1. The van der Waals surface area contributed by atoms with Crippen LogP contribution < -0.4 is 4.74 Å². The van der Waals surface area contributed by atoms with E-state index in [1.54, 1.807) is 11.8 Å². The van der Waals surface area contributed by atoms with Gasteiger partial charge in [0.15, 0.2) is 0 Å². The number of hydrogen-bond acceptors (Lipinski definition) is 4. The molecular weight excluding hydrogens is 270 g/mol. The van der Waals surface area contributed by atoms with E-state index >= 15 is 0 Å². The number of rotatable bonds is 7. The van der Waals surface area contributed by atoms with Crippen molar-refractivity contribution < 1.29 is 14.6 Å². The van der Waals surface area contributed by atoms with Gasteiger partial charge in [0.2, 0.25) is 0 Å². The smallest absolute Gasteiger partial charge is 0.303 e. The van der Waals surface area contributed by atoms with E-state index in [9.17, 15) is 4.79 Å². The van der Waals surface area contributed by atoms with E-state index < -0.39 is 5.97 Å². The molecule has 1 aromatic heterocycles. The van der Waals surface area contributed by atoms with Crippen LogP contribution in [-0.4, -0.2) is 33.2 Å². The van der Waals surface area contributed by atoms with Crippen molar-refractivity contribution in [3.05, 3.63) is 35.7 Å². The van der Waals surface area contributed by atoms with Gasteiger partial charge in [-0.15, -0.1) is 5.10 Å². The molecule has 2 aromatic rings. The number of aromatic nitrogens is 3. The first-order chi connectivity index (χ1) is 10.1. The molecule has 0 aliphatic carbocycles. The molecule has 0 spiro atoms. The molecule has 1 aromatic carbocycles. The Morgan fingerprint density at radius 1 is 1.38 bits per heavy atom. The first kappa shape index (κ1) is 15.0. The van der Waals surface area contributed by atoms with E-state index in [0.717, 1.165) is 35.5 Å². The molecule has 0 unspecified atom stereocenters. The first-order valence-electron chi connectivity index (χ1n) is 6.88. The summed E-state index contributed by atoms with van der Waals surface area (Å²) in [4.78, 5) is 10.5. The van der Waals surface area contributed by atoms with E-state index in [1.165, 1.54) is 0 Å². The van der Waals surface area contributed by atoms with Gasteiger partial charge in [-0.2, -0.15) is 0 Å². The van der Waals surface area contributed by atoms with E-state index in [2.05, 4.69) is 10.3 Å². The number of benzene rings is 1. The van der Waals surface area contributed by atoms with Crippen LogP contribution in [0.25, 0.3) is 5.69 Å². The average Bonchev–Trinajstić information content (AvgIpc) is 2.92. The molecular formula is C15H19N3O3.